The molecule has 0 saturated carbocycles. The maximum Gasteiger partial charge on any atom is 0.255 e. The molecule has 0 fully saturated rings. The Hall–Kier alpha value is -1.88. The zero-order valence-corrected chi connectivity index (χ0v) is 12.0. The summed E-state index contributed by atoms with van der Waals surface area (Å²) in [5, 5.41) is 9.33. The highest BCUT2D eigenvalue weighted by atomic mass is 79.9. The lowest BCUT2D eigenvalue weighted by molar-refractivity contribution is 0.0784. The van der Waals surface area contributed by atoms with Gasteiger partial charge in [-0.3, -0.25) is 9.78 Å². The Kier molecular flexibility index (Phi) is 4.16. The van der Waals surface area contributed by atoms with E-state index < -0.39 is 0 Å². The highest BCUT2D eigenvalue weighted by Gasteiger charge is 2.12. The van der Waals surface area contributed by atoms with Gasteiger partial charge in [-0.25, -0.2) is 0 Å². The van der Waals surface area contributed by atoms with Crippen molar-refractivity contribution < 1.29 is 9.90 Å². The number of benzene rings is 1. The summed E-state index contributed by atoms with van der Waals surface area (Å²) >= 11 is 3.37. The molecular weight excluding hydrogens is 308 g/mol. The lowest BCUT2D eigenvalue weighted by Gasteiger charge is -2.17. The molecule has 1 aromatic heterocycles. The molecule has 1 N–H and O–H groups in total. The van der Waals surface area contributed by atoms with Crippen LogP contribution in [0.3, 0.4) is 0 Å². The quantitative estimate of drug-likeness (QED) is 0.946. The lowest BCUT2D eigenvalue weighted by atomic mass is 10.2. The zero-order valence-electron chi connectivity index (χ0n) is 10.4. The van der Waals surface area contributed by atoms with E-state index in [1.165, 1.54) is 18.5 Å². The minimum absolute atomic E-state index is 0.0112. The first-order chi connectivity index (χ1) is 9.06. The van der Waals surface area contributed by atoms with Gasteiger partial charge in [0.1, 0.15) is 5.75 Å². The van der Waals surface area contributed by atoms with Gasteiger partial charge in [0.15, 0.2) is 0 Å². The van der Waals surface area contributed by atoms with Gasteiger partial charge in [0.25, 0.3) is 5.91 Å². The normalized spacial score (nSPS) is 10.2. The van der Waals surface area contributed by atoms with Crippen molar-refractivity contribution in [3.63, 3.8) is 0 Å². The summed E-state index contributed by atoms with van der Waals surface area (Å²) in [4.78, 5) is 17.5. The Labute approximate surface area is 119 Å². The molecule has 5 heteroatoms. The Morgan fingerprint density at radius 3 is 2.63 bits per heavy atom. The van der Waals surface area contributed by atoms with Crippen LogP contribution < -0.4 is 0 Å². The smallest absolute Gasteiger partial charge is 0.255 e. The number of halogens is 1. The van der Waals surface area contributed by atoms with Crippen molar-refractivity contribution in [3.05, 3.63) is 58.3 Å². The summed E-state index contributed by atoms with van der Waals surface area (Å²) in [5.74, 6) is -0.186. The number of pyridine rings is 1. The zero-order chi connectivity index (χ0) is 13.8. The van der Waals surface area contributed by atoms with Crippen LogP contribution in [-0.4, -0.2) is 27.9 Å². The first-order valence-electron chi connectivity index (χ1n) is 5.70. The van der Waals surface area contributed by atoms with Crippen molar-refractivity contribution in [2.75, 3.05) is 7.05 Å². The lowest BCUT2D eigenvalue weighted by Crippen LogP contribution is -2.26. The third kappa shape index (κ3) is 3.54. The summed E-state index contributed by atoms with van der Waals surface area (Å²) in [6.07, 6.45) is 2.74. The molecule has 0 radical (unpaired) electrons. The van der Waals surface area contributed by atoms with Crippen LogP contribution in [0.25, 0.3) is 0 Å². The van der Waals surface area contributed by atoms with E-state index in [2.05, 4.69) is 20.9 Å². The molecule has 1 heterocycles. The van der Waals surface area contributed by atoms with Crippen molar-refractivity contribution in [2.45, 2.75) is 6.54 Å². The molecule has 98 valence electrons. The van der Waals surface area contributed by atoms with Crippen molar-refractivity contribution in [1.82, 2.24) is 9.88 Å². The van der Waals surface area contributed by atoms with E-state index in [1.807, 2.05) is 24.3 Å². The Bertz CT molecular complexity index is 584. The molecule has 0 saturated heterocycles. The molecule has 0 aliphatic carbocycles. The fourth-order valence-corrected chi connectivity index (χ4v) is 1.96. The monoisotopic (exact) mass is 320 g/mol. The largest absolute Gasteiger partial charge is 0.506 e. The molecule has 4 nitrogen and oxygen atoms in total. The molecule has 0 spiro atoms. The second-order valence-corrected chi connectivity index (χ2v) is 5.14. The van der Waals surface area contributed by atoms with E-state index in [-0.39, 0.29) is 11.7 Å². The third-order valence-electron chi connectivity index (χ3n) is 2.65. The highest BCUT2D eigenvalue weighted by Crippen LogP contribution is 2.14. The maximum atomic E-state index is 12.1. The summed E-state index contributed by atoms with van der Waals surface area (Å²) in [5.41, 5.74) is 1.41. The van der Waals surface area contributed by atoms with Gasteiger partial charge in [-0.2, -0.15) is 0 Å². The van der Waals surface area contributed by atoms with Gasteiger partial charge in [-0.15, -0.1) is 0 Å². The number of hydrogen-bond donors (Lipinski definition) is 1. The van der Waals surface area contributed by atoms with Crippen LogP contribution in [0, 0.1) is 0 Å². The second kappa shape index (κ2) is 5.84. The average Bonchev–Trinajstić information content (AvgIpc) is 2.40. The average molecular weight is 321 g/mol. The summed E-state index contributed by atoms with van der Waals surface area (Å²) < 4.78 is 1.00. The van der Waals surface area contributed by atoms with Crippen molar-refractivity contribution in [3.8, 4) is 5.75 Å². The number of hydrogen-bond acceptors (Lipinski definition) is 3. The molecule has 0 aliphatic rings. The molecule has 0 atom stereocenters. The Morgan fingerprint density at radius 2 is 2.00 bits per heavy atom. The van der Waals surface area contributed by atoms with Gasteiger partial charge in [-0.1, -0.05) is 28.1 Å². The maximum absolute atomic E-state index is 12.1. The number of nitrogens with zero attached hydrogens (tertiary/aromatic N) is 2. The molecule has 2 rings (SSSR count). The Morgan fingerprint density at radius 1 is 1.32 bits per heavy atom. The summed E-state index contributed by atoms with van der Waals surface area (Å²) in [6, 6.07) is 9.18. The van der Waals surface area contributed by atoms with E-state index in [4.69, 9.17) is 0 Å². The van der Waals surface area contributed by atoms with Crippen molar-refractivity contribution in [1.29, 1.82) is 0 Å². The van der Waals surface area contributed by atoms with Gasteiger partial charge in [0.2, 0.25) is 0 Å². The van der Waals surface area contributed by atoms with E-state index in [1.54, 1.807) is 11.9 Å². The molecule has 1 amide bonds. The number of rotatable bonds is 3. The molecule has 19 heavy (non-hydrogen) atoms. The second-order valence-electron chi connectivity index (χ2n) is 4.22. The standard InChI is InChI=1S/C14H13BrN2O2/c1-17(9-10-2-4-12(15)5-3-10)14(19)11-6-13(18)8-16-7-11/h2-8,18H,9H2,1H3. The third-order valence-corrected chi connectivity index (χ3v) is 3.18. The van der Waals surface area contributed by atoms with Gasteiger partial charge in [0, 0.05) is 24.3 Å². The van der Waals surface area contributed by atoms with Crippen LogP contribution in [0.4, 0.5) is 0 Å². The Balaban J connectivity index is 2.09. The molecule has 0 aliphatic heterocycles. The first kappa shape index (κ1) is 13.5. The van der Waals surface area contributed by atoms with Crippen LogP contribution >= 0.6 is 15.9 Å². The molecule has 0 unspecified atom stereocenters. The number of aromatic nitrogens is 1. The predicted molar refractivity (Wildman–Crippen MR) is 75.8 cm³/mol. The van der Waals surface area contributed by atoms with Crippen molar-refractivity contribution in [2.24, 2.45) is 0 Å². The highest BCUT2D eigenvalue weighted by molar-refractivity contribution is 9.10. The van der Waals surface area contributed by atoms with Crippen LogP contribution in [0.15, 0.2) is 47.2 Å². The number of aromatic hydroxyl groups is 1. The van der Waals surface area contributed by atoms with Gasteiger partial charge in [-0.05, 0) is 23.8 Å². The van der Waals surface area contributed by atoms with Crippen LogP contribution in [0.2, 0.25) is 0 Å². The van der Waals surface area contributed by atoms with Crippen molar-refractivity contribution >= 4 is 21.8 Å². The molecule has 2 aromatic rings. The number of carbonyl (C=O) groups excluding carboxylic acids is 1. The minimum atomic E-state index is -0.175. The number of amides is 1. The number of carbonyl (C=O) groups is 1. The SMILES string of the molecule is CN(Cc1ccc(Br)cc1)C(=O)c1cncc(O)c1. The van der Waals surface area contributed by atoms with Crippen LogP contribution in [-0.2, 0) is 6.54 Å². The fourth-order valence-electron chi connectivity index (χ4n) is 1.70. The predicted octanol–water partition coefficient (Wildman–Crippen LogP) is 2.82. The topological polar surface area (TPSA) is 53.4 Å². The molecular formula is C14H13BrN2O2. The minimum Gasteiger partial charge on any atom is -0.506 e. The van der Waals surface area contributed by atoms with E-state index in [9.17, 15) is 9.90 Å². The van der Waals surface area contributed by atoms with Gasteiger partial charge in [0.05, 0.1) is 11.8 Å². The van der Waals surface area contributed by atoms with E-state index in [0.29, 0.717) is 12.1 Å². The molecule has 0 bridgehead atoms. The van der Waals surface area contributed by atoms with Crippen LogP contribution in [0.1, 0.15) is 15.9 Å². The first-order valence-corrected chi connectivity index (χ1v) is 6.49. The molecule has 1 aromatic carbocycles. The van der Waals surface area contributed by atoms with E-state index >= 15 is 0 Å². The van der Waals surface area contributed by atoms with E-state index in [0.717, 1.165) is 10.0 Å². The summed E-state index contributed by atoms with van der Waals surface area (Å²) in [7, 11) is 1.72. The fraction of sp³-hybridized carbons (Fsp3) is 0.143. The summed E-state index contributed by atoms with van der Waals surface area (Å²) in [6.45, 7) is 0.502. The van der Waals surface area contributed by atoms with Gasteiger partial charge < -0.3 is 10.0 Å². The van der Waals surface area contributed by atoms with Crippen LogP contribution in [0.5, 0.6) is 5.75 Å². The van der Waals surface area contributed by atoms with Gasteiger partial charge >= 0.3 is 0 Å².